The molecule has 98 valence electrons. The molecule has 1 aromatic carbocycles. The van der Waals surface area contributed by atoms with Gasteiger partial charge in [0.1, 0.15) is 0 Å². The van der Waals surface area contributed by atoms with Crippen LogP contribution in [0.5, 0.6) is 0 Å². The van der Waals surface area contributed by atoms with Gasteiger partial charge in [-0.2, -0.15) is 13.2 Å². The van der Waals surface area contributed by atoms with E-state index in [0.717, 1.165) is 12.1 Å². The molecule has 0 unspecified atom stereocenters. The smallest absolute Gasteiger partial charge is 0.398 e. The summed E-state index contributed by atoms with van der Waals surface area (Å²) in [5.41, 5.74) is 15.6. The average molecular weight is 278 g/mol. The lowest BCUT2D eigenvalue weighted by Gasteiger charge is -2.09. The van der Waals surface area contributed by atoms with Crippen LogP contribution >= 0.6 is 11.6 Å². The minimum absolute atomic E-state index is 0.0287. The highest BCUT2D eigenvalue weighted by molar-refractivity contribution is 6.32. The fourth-order valence-electron chi connectivity index (χ4n) is 1.20. The molecule has 0 aliphatic rings. The highest BCUT2D eigenvalue weighted by atomic mass is 35.5. The molecule has 0 heterocycles. The Bertz CT molecular complexity index is 503. The first-order valence-electron chi connectivity index (χ1n) is 4.77. The summed E-state index contributed by atoms with van der Waals surface area (Å²) in [7, 11) is 0. The van der Waals surface area contributed by atoms with Crippen LogP contribution < -0.4 is 17.2 Å². The van der Waals surface area contributed by atoms with Crippen molar-refractivity contribution in [2.45, 2.75) is 6.18 Å². The summed E-state index contributed by atoms with van der Waals surface area (Å²) >= 11 is 5.74. The molecular weight excluding hydrogens is 267 g/mol. The number of hydrogen-bond acceptors (Lipinski definition) is 3. The van der Waals surface area contributed by atoms with E-state index in [9.17, 15) is 13.2 Å². The van der Waals surface area contributed by atoms with Crippen LogP contribution in [0.25, 0.3) is 5.70 Å². The lowest BCUT2D eigenvalue weighted by Crippen LogP contribution is -2.08. The van der Waals surface area contributed by atoms with Crippen molar-refractivity contribution in [2.24, 2.45) is 17.2 Å². The van der Waals surface area contributed by atoms with Crippen LogP contribution in [0.15, 0.2) is 36.2 Å². The SMILES string of the molecule is NC(N)=C/C=C(\N)c1ccc(C(F)(F)F)cc1Cl. The first-order chi connectivity index (χ1) is 8.21. The van der Waals surface area contributed by atoms with Crippen LogP contribution in [-0.2, 0) is 6.18 Å². The Hall–Kier alpha value is -1.82. The van der Waals surface area contributed by atoms with E-state index < -0.39 is 11.7 Å². The maximum Gasteiger partial charge on any atom is 0.416 e. The van der Waals surface area contributed by atoms with Crippen LogP contribution in [0.2, 0.25) is 5.02 Å². The van der Waals surface area contributed by atoms with Crippen molar-refractivity contribution in [1.29, 1.82) is 0 Å². The summed E-state index contributed by atoms with van der Waals surface area (Å²) in [4.78, 5) is 0. The molecule has 0 aliphatic carbocycles. The third kappa shape index (κ3) is 3.59. The first-order valence-corrected chi connectivity index (χ1v) is 5.15. The molecule has 0 saturated carbocycles. The number of nitrogens with two attached hydrogens (primary N) is 3. The molecule has 6 N–H and O–H groups in total. The van der Waals surface area contributed by atoms with Gasteiger partial charge < -0.3 is 17.2 Å². The van der Waals surface area contributed by atoms with Crippen molar-refractivity contribution >= 4 is 17.3 Å². The van der Waals surface area contributed by atoms with E-state index in [1.165, 1.54) is 18.2 Å². The van der Waals surface area contributed by atoms with Crippen LogP contribution in [0, 0.1) is 0 Å². The molecule has 0 radical (unpaired) electrons. The van der Waals surface area contributed by atoms with Crippen molar-refractivity contribution in [1.82, 2.24) is 0 Å². The lowest BCUT2D eigenvalue weighted by molar-refractivity contribution is -0.137. The molecular formula is C11H11ClF3N3. The fraction of sp³-hybridized carbons (Fsp3) is 0.0909. The second kappa shape index (κ2) is 5.22. The minimum Gasteiger partial charge on any atom is -0.398 e. The molecule has 0 aromatic heterocycles. The third-order valence-corrected chi connectivity index (χ3v) is 2.38. The van der Waals surface area contributed by atoms with Crippen molar-refractivity contribution in [3.63, 3.8) is 0 Å². The van der Waals surface area contributed by atoms with Crippen molar-refractivity contribution in [3.8, 4) is 0 Å². The largest absolute Gasteiger partial charge is 0.416 e. The van der Waals surface area contributed by atoms with Gasteiger partial charge >= 0.3 is 6.18 Å². The number of halogens is 4. The number of alkyl halides is 3. The molecule has 18 heavy (non-hydrogen) atoms. The van der Waals surface area contributed by atoms with Gasteiger partial charge in [-0.25, -0.2) is 0 Å². The molecule has 0 aliphatic heterocycles. The summed E-state index contributed by atoms with van der Waals surface area (Å²) in [5, 5.41) is -0.0948. The van der Waals surface area contributed by atoms with Crippen molar-refractivity contribution in [2.75, 3.05) is 0 Å². The Morgan fingerprint density at radius 1 is 1.11 bits per heavy atom. The predicted octanol–water partition coefficient (Wildman–Crippen LogP) is 2.42. The minimum atomic E-state index is -4.44. The zero-order valence-electron chi connectivity index (χ0n) is 9.13. The molecule has 3 nitrogen and oxygen atoms in total. The Morgan fingerprint density at radius 3 is 2.17 bits per heavy atom. The van der Waals surface area contributed by atoms with Gasteiger partial charge in [-0.1, -0.05) is 17.7 Å². The van der Waals surface area contributed by atoms with E-state index >= 15 is 0 Å². The third-order valence-electron chi connectivity index (χ3n) is 2.06. The Kier molecular flexibility index (Phi) is 4.13. The summed E-state index contributed by atoms with van der Waals surface area (Å²) in [5.74, 6) is 0.0287. The summed E-state index contributed by atoms with van der Waals surface area (Å²) < 4.78 is 37.2. The summed E-state index contributed by atoms with van der Waals surface area (Å²) in [6.07, 6.45) is -1.75. The molecule has 0 spiro atoms. The molecule has 0 atom stereocenters. The lowest BCUT2D eigenvalue weighted by atomic mass is 10.1. The molecule has 0 amide bonds. The first kappa shape index (κ1) is 14.2. The maximum absolute atomic E-state index is 12.4. The second-order valence-electron chi connectivity index (χ2n) is 3.48. The number of benzene rings is 1. The quantitative estimate of drug-likeness (QED) is 0.727. The van der Waals surface area contributed by atoms with Gasteiger partial charge in [-0.05, 0) is 24.3 Å². The predicted molar refractivity (Wildman–Crippen MR) is 65.1 cm³/mol. The highest BCUT2D eigenvalue weighted by Gasteiger charge is 2.30. The second-order valence-corrected chi connectivity index (χ2v) is 3.89. The summed E-state index contributed by atoms with van der Waals surface area (Å²) in [6, 6.07) is 2.90. The highest BCUT2D eigenvalue weighted by Crippen LogP contribution is 2.33. The van der Waals surface area contributed by atoms with Gasteiger partial charge in [0.05, 0.1) is 16.4 Å². The van der Waals surface area contributed by atoms with E-state index in [0.29, 0.717) is 0 Å². The van der Waals surface area contributed by atoms with Gasteiger partial charge in [0, 0.05) is 11.3 Å². The van der Waals surface area contributed by atoms with Gasteiger partial charge in [0.2, 0.25) is 0 Å². The van der Waals surface area contributed by atoms with Gasteiger partial charge in [0.15, 0.2) is 0 Å². The topological polar surface area (TPSA) is 78.1 Å². The van der Waals surface area contributed by atoms with Crippen molar-refractivity contribution in [3.05, 3.63) is 52.3 Å². The fourth-order valence-corrected chi connectivity index (χ4v) is 1.49. The molecule has 1 rings (SSSR count). The van der Waals surface area contributed by atoms with Crippen LogP contribution in [-0.4, -0.2) is 0 Å². The van der Waals surface area contributed by atoms with E-state index in [-0.39, 0.29) is 22.1 Å². The van der Waals surface area contributed by atoms with Crippen LogP contribution in [0.3, 0.4) is 0 Å². The normalized spacial score (nSPS) is 12.3. The molecule has 0 fully saturated rings. The number of rotatable bonds is 2. The summed E-state index contributed by atoms with van der Waals surface area (Å²) in [6.45, 7) is 0. The van der Waals surface area contributed by atoms with E-state index in [2.05, 4.69) is 0 Å². The van der Waals surface area contributed by atoms with E-state index in [1.807, 2.05) is 0 Å². The average Bonchev–Trinajstić information content (AvgIpc) is 2.24. The van der Waals surface area contributed by atoms with Gasteiger partial charge in [0.25, 0.3) is 0 Å². The van der Waals surface area contributed by atoms with Gasteiger partial charge in [-0.3, -0.25) is 0 Å². The number of hydrogen-bond donors (Lipinski definition) is 3. The van der Waals surface area contributed by atoms with E-state index in [4.69, 9.17) is 28.8 Å². The van der Waals surface area contributed by atoms with E-state index in [1.54, 1.807) is 0 Å². The molecule has 0 saturated heterocycles. The van der Waals surface area contributed by atoms with Crippen LogP contribution in [0.1, 0.15) is 11.1 Å². The standard InChI is InChI=1S/C11H11ClF3N3/c12-8-5-6(11(13,14)15)1-2-7(8)9(16)3-4-10(17)18/h1-5H,16-18H2/b9-3-. The monoisotopic (exact) mass is 277 g/mol. The Labute approximate surface area is 107 Å². The number of allylic oxidation sites excluding steroid dienone is 2. The molecule has 0 bridgehead atoms. The Balaban J connectivity index is 3.14. The molecule has 1 aromatic rings. The van der Waals surface area contributed by atoms with Gasteiger partial charge in [-0.15, -0.1) is 0 Å². The van der Waals surface area contributed by atoms with Crippen molar-refractivity contribution < 1.29 is 13.2 Å². The molecule has 7 heteroatoms. The Morgan fingerprint density at radius 2 is 1.72 bits per heavy atom. The zero-order chi connectivity index (χ0) is 13.9. The zero-order valence-corrected chi connectivity index (χ0v) is 9.89. The van der Waals surface area contributed by atoms with Crippen LogP contribution in [0.4, 0.5) is 13.2 Å². The maximum atomic E-state index is 12.4.